The Kier molecular flexibility index (Phi) is 7.20. The molecule has 0 saturated carbocycles. The van der Waals surface area contributed by atoms with E-state index in [0.717, 1.165) is 12.1 Å². The summed E-state index contributed by atoms with van der Waals surface area (Å²) < 4.78 is 40.1. The summed E-state index contributed by atoms with van der Waals surface area (Å²) in [6.07, 6.45) is 0.662. The van der Waals surface area contributed by atoms with Gasteiger partial charge in [0.2, 0.25) is 21.8 Å². The van der Waals surface area contributed by atoms with Crippen LogP contribution in [0.2, 0.25) is 10.0 Å². The number of rotatable bonds is 5. The molecule has 0 radical (unpaired) electrons. The van der Waals surface area contributed by atoms with Gasteiger partial charge in [-0.2, -0.15) is 4.31 Å². The number of sulfonamides is 1. The van der Waals surface area contributed by atoms with Gasteiger partial charge in [0.1, 0.15) is 5.82 Å². The Bertz CT molecular complexity index is 1120. The van der Waals surface area contributed by atoms with Crippen molar-refractivity contribution in [2.24, 2.45) is 5.92 Å². The zero-order valence-corrected chi connectivity index (χ0v) is 18.8. The van der Waals surface area contributed by atoms with Crippen LogP contribution in [0.25, 0.3) is 0 Å². The molecule has 0 bridgehead atoms. The molecular weight excluding hydrogens is 468 g/mol. The van der Waals surface area contributed by atoms with E-state index in [1.807, 2.05) is 0 Å². The molecular formula is C20H20Cl2FN3O4S. The maximum atomic E-state index is 13.3. The molecule has 166 valence electrons. The molecule has 0 spiro atoms. The van der Waals surface area contributed by atoms with Crippen LogP contribution in [0.5, 0.6) is 0 Å². The van der Waals surface area contributed by atoms with Gasteiger partial charge >= 0.3 is 0 Å². The number of piperidine rings is 1. The maximum absolute atomic E-state index is 13.3. The number of nitrogens with zero attached hydrogens (tertiary/aromatic N) is 1. The second-order valence-corrected chi connectivity index (χ2v) is 9.87. The topological polar surface area (TPSA) is 95.6 Å². The monoisotopic (exact) mass is 487 g/mol. The highest BCUT2D eigenvalue weighted by Gasteiger charge is 2.32. The van der Waals surface area contributed by atoms with Gasteiger partial charge in [0.15, 0.2) is 0 Å². The van der Waals surface area contributed by atoms with Crippen LogP contribution >= 0.6 is 23.2 Å². The van der Waals surface area contributed by atoms with Crippen molar-refractivity contribution in [1.29, 1.82) is 0 Å². The molecule has 1 fully saturated rings. The van der Waals surface area contributed by atoms with Gasteiger partial charge in [-0.15, -0.1) is 0 Å². The zero-order valence-electron chi connectivity index (χ0n) is 16.5. The van der Waals surface area contributed by atoms with Gasteiger partial charge in [0.05, 0.1) is 20.6 Å². The van der Waals surface area contributed by atoms with E-state index in [4.69, 9.17) is 23.2 Å². The van der Waals surface area contributed by atoms with Crippen molar-refractivity contribution in [2.45, 2.75) is 24.7 Å². The van der Waals surface area contributed by atoms with E-state index in [9.17, 15) is 22.4 Å². The number of carbonyl (C=O) groups is 2. The van der Waals surface area contributed by atoms with Crippen molar-refractivity contribution in [3.05, 3.63) is 52.3 Å². The van der Waals surface area contributed by atoms with Crippen molar-refractivity contribution < 1.29 is 22.4 Å². The van der Waals surface area contributed by atoms with E-state index in [2.05, 4.69) is 10.6 Å². The first-order chi connectivity index (χ1) is 14.6. The van der Waals surface area contributed by atoms with E-state index in [1.165, 1.54) is 23.4 Å². The highest BCUT2D eigenvalue weighted by Crippen LogP contribution is 2.29. The summed E-state index contributed by atoms with van der Waals surface area (Å²) in [5, 5.41) is 5.37. The first-order valence-corrected chi connectivity index (χ1v) is 11.6. The van der Waals surface area contributed by atoms with Crippen molar-refractivity contribution in [3.63, 3.8) is 0 Å². The molecule has 3 rings (SSSR count). The van der Waals surface area contributed by atoms with Gasteiger partial charge in [0.25, 0.3) is 0 Å². The molecule has 2 amide bonds. The number of hydrogen-bond donors (Lipinski definition) is 2. The minimum Gasteiger partial charge on any atom is -0.326 e. The summed E-state index contributed by atoms with van der Waals surface area (Å²) in [6.45, 7) is 1.67. The van der Waals surface area contributed by atoms with Gasteiger partial charge in [-0.1, -0.05) is 23.2 Å². The Hall–Kier alpha value is -2.20. The number of amides is 2. The number of carbonyl (C=O) groups excluding carboxylic acids is 2. The van der Waals surface area contributed by atoms with E-state index in [1.54, 1.807) is 12.1 Å². The van der Waals surface area contributed by atoms with E-state index >= 15 is 0 Å². The summed E-state index contributed by atoms with van der Waals surface area (Å²) in [5.41, 5.74) is 0.909. The number of nitrogens with one attached hydrogen (secondary N) is 2. The molecule has 7 nitrogen and oxygen atoms in total. The second kappa shape index (κ2) is 9.52. The average molecular weight is 488 g/mol. The third-order valence-corrected chi connectivity index (χ3v) is 7.40. The number of benzene rings is 2. The highest BCUT2D eigenvalue weighted by molar-refractivity contribution is 7.89. The largest absolute Gasteiger partial charge is 0.326 e. The third-order valence-electron chi connectivity index (χ3n) is 4.90. The van der Waals surface area contributed by atoms with E-state index < -0.39 is 15.8 Å². The molecule has 2 aromatic rings. The average Bonchev–Trinajstić information content (AvgIpc) is 2.71. The number of halogens is 3. The normalized spacial score (nSPS) is 15.5. The Morgan fingerprint density at radius 1 is 1.03 bits per heavy atom. The first kappa shape index (κ1) is 23.5. The summed E-state index contributed by atoms with van der Waals surface area (Å²) in [5.74, 6) is -1.58. The Morgan fingerprint density at radius 3 is 2.29 bits per heavy atom. The molecule has 11 heteroatoms. The lowest BCUT2D eigenvalue weighted by Crippen LogP contribution is -2.41. The number of hydrogen-bond acceptors (Lipinski definition) is 4. The van der Waals surface area contributed by atoms with Crippen molar-refractivity contribution in [1.82, 2.24) is 4.31 Å². The second-order valence-electron chi connectivity index (χ2n) is 7.12. The van der Waals surface area contributed by atoms with Gasteiger partial charge < -0.3 is 10.6 Å². The molecule has 1 aliphatic rings. The van der Waals surface area contributed by atoms with Crippen LogP contribution in [0.3, 0.4) is 0 Å². The molecule has 0 aromatic heterocycles. The Morgan fingerprint density at radius 2 is 1.71 bits per heavy atom. The fourth-order valence-electron chi connectivity index (χ4n) is 3.27. The van der Waals surface area contributed by atoms with Crippen molar-refractivity contribution in [2.75, 3.05) is 23.7 Å². The minimum atomic E-state index is -3.83. The van der Waals surface area contributed by atoms with Gasteiger partial charge in [0, 0.05) is 31.6 Å². The van der Waals surface area contributed by atoms with Crippen LogP contribution in [0.15, 0.2) is 41.3 Å². The predicted octanol–water partition coefficient (Wildman–Crippen LogP) is 4.13. The lowest BCUT2D eigenvalue weighted by atomic mass is 9.97. The summed E-state index contributed by atoms with van der Waals surface area (Å²) in [4.78, 5) is 23.7. The molecule has 0 aliphatic carbocycles. The standard InChI is InChI=1S/C20H20Cl2FN3O4S/c1-12(27)24-19-5-2-14(10-17(19)22)25-20(28)13-6-8-26(9-7-13)31(29,30)15-3-4-18(23)16(21)11-15/h2-5,10-11,13H,6-9H2,1H3,(H,24,27)(H,25,28). The van der Waals surface area contributed by atoms with Gasteiger partial charge in [-0.25, -0.2) is 12.8 Å². The SMILES string of the molecule is CC(=O)Nc1ccc(NC(=O)C2CCN(S(=O)(=O)c3ccc(F)c(Cl)c3)CC2)cc1Cl. The summed E-state index contributed by atoms with van der Waals surface area (Å²) in [7, 11) is -3.83. The lowest BCUT2D eigenvalue weighted by Gasteiger charge is -2.30. The van der Waals surface area contributed by atoms with Gasteiger partial charge in [-0.3, -0.25) is 9.59 Å². The number of anilines is 2. The quantitative estimate of drug-likeness (QED) is 0.662. The van der Waals surface area contributed by atoms with Crippen LogP contribution in [0.4, 0.5) is 15.8 Å². The molecule has 2 aromatic carbocycles. The van der Waals surface area contributed by atoms with Crippen molar-refractivity contribution >= 4 is 56.4 Å². The van der Waals surface area contributed by atoms with E-state index in [-0.39, 0.29) is 45.8 Å². The molecule has 31 heavy (non-hydrogen) atoms. The maximum Gasteiger partial charge on any atom is 0.243 e. The molecule has 1 aliphatic heterocycles. The summed E-state index contributed by atoms with van der Waals surface area (Å²) >= 11 is 11.8. The smallest absolute Gasteiger partial charge is 0.243 e. The zero-order chi connectivity index (χ0) is 22.8. The van der Waals surface area contributed by atoms with E-state index in [0.29, 0.717) is 24.2 Å². The van der Waals surface area contributed by atoms with Crippen LogP contribution < -0.4 is 10.6 Å². The predicted molar refractivity (Wildman–Crippen MR) is 117 cm³/mol. The fraction of sp³-hybridized carbons (Fsp3) is 0.300. The summed E-state index contributed by atoms with van der Waals surface area (Å²) in [6, 6.07) is 8.00. The Labute approximate surface area is 189 Å². The van der Waals surface area contributed by atoms with Gasteiger partial charge in [-0.05, 0) is 49.2 Å². The fourth-order valence-corrected chi connectivity index (χ4v) is 5.24. The van der Waals surface area contributed by atoms with Crippen LogP contribution in [-0.2, 0) is 19.6 Å². The van der Waals surface area contributed by atoms with Crippen molar-refractivity contribution in [3.8, 4) is 0 Å². The first-order valence-electron chi connectivity index (χ1n) is 9.41. The molecule has 0 atom stereocenters. The van der Waals surface area contributed by atoms with Crippen LogP contribution in [0, 0.1) is 11.7 Å². The molecule has 2 N–H and O–H groups in total. The Balaban J connectivity index is 1.61. The molecule has 1 saturated heterocycles. The lowest BCUT2D eigenvalue weighted by molar-refractivity contribution is -0.121. The highest BCUT2D eigenvalue weighted by atomic mass is 35.5. The molecule has 0 unspecified atom stereocenters. The molecule has 1 heterocycles. The minimum absolute atomic E-state index is 0.0873. The third kappa shape index (κ3) is 5.54. The van der Waals surface area contributed by atoms with Crippen LogP contribution in [0.1, 0.15) is 19.8 Å². The van der Waals surface area contributed by atoms with Crippen LogP contribution in [-0.4, -0.2) is 37.6 Å².